The number of carbonyl (C=O) groups is 1. The summed E-state index contributed by atoms with van der Waals surface area (Å²) in [5.74, 6) is -0.0555. The van der Waals surface area contributed by atoms with Gasteiger partial charge in [0.25, 0.3) is 0 Å². The number of likely N-dealkylation sites (N-methyl/N-ethyl adjacent to an activating group) is 1. The Kier molecular flexibility index (Phi) is 4.88. The van der Waals surface area contributed by atoms with Crippen molar-refractivity contribution in [3.8, 4) is 0 Å². The van der Waals surface area contributed by atoms with Crippen molar-refractivity contribution in [2.45, 2.75) is 6.54 Å². The fourth-order valence-electron chi connectivity index (χ4n) is 1.06. The van der Waals surface area contributed by atoms with Crippen molar-refractivity contribution in [3.05, 3.63) is 33.8 Å². The van der Waals surface area contributed by atoms with E-state index >= 15 is 0 Å². The maximum atomic E-state index is 10.9. The number of nitrogens with one attached hydrogen (secondary N) is 2. The summed E-state index contributed by atoms with van der Waals surface area (Å²) in [6.07, 6.45) is 0. The zero-order chi connectivity index (χ0) is 11.3. The number of rotatable bonds is 4. The molecule has 5 heteroatoms. The van der Waals surface area contributed by atoms with Gasteiger partial charge in [0.05, 0.1) is 6.54 Å². The van der Waals surface area contributed by atoms with Crippen LogP contribution in [0.25, 0.3) is 0 Å². The van der Waals surface area contributed by atoms with E-state index in [1.54, 1.807) is 19.2 Å². The third-order valence-electron chi connectivity index (χ3n) is 1.89. The standard InChI is InChI=1S/C10H12Cl2N2O/c1-13-10(15)6-14-5-7-2-3-8(11)4-9(7)12/h2-4,14H,5-6H2,1H3,(H,13,15). The number of amides is 1. The minimum absolute atomic E-state index is 0.0555. The molecular formula is C10H12Cl2N2O. The quantitative estimate of drug-likeness (QED) is 0.852. The molecule has 1 aromatic carbocycles. The van der Waals surface area contributed by atoms with Gasteiger partial charge in [-0.2, -0.15) is 0 Å². The van der Waals surface area contributed by atoms with Crippen molar-refractivity contribution < 1.29 is 4.79 Å². The van der Waals surface area contributed by atoms with Crippen LogP contribution in [0, 0.1) is 0 Å². The Morgan fingerprint density at radius 2 is 2.13 bits per heavy atom. The summed E-state index contributed by atoms with van der Waals surface area (Å²) < 4.78 is 0. The molecule has 2 N–H and O–H groups in total. The number of halogens is 2. The first-order chi connectivity index (χ1) is 7.13. The van der Waals surface area contributed by atoms with Crippen molar-refractivity contribution in [2.24, 2.45) is 0 Å². The SMILES string of the molecule is CNC(=O)CNCc1ccc(Cl)cc1Cl. The van der Waals surface area contributed by atoms with Gasteiger partial charge in [-0.05, 0) is 17.7 Å². The summed E-state index contributed by atoms with van der Waals surface area (Å²) in [4.78, 5) is 10.9. The van der Waals surface area contributed by atoms with Crippen LogP contribution >= 0.6 is 23.2 Å². The molecule has 0 radical (unpaired) electrons. The fraction of sp³-hybridized carbons (Fsp3) is 0.300. The summed E-state index contributed by atoms with van der Waals surface area (Å²) in [5.41, 5.74) is 0.921. The number of carbonyl (C=O) groups excluding carboxylic acids is 1. The lowest BCUT2D eigenvalue weighted by Gasteiger charge is -2.06. The van der Waals surface area contributed by atoms with Crippen LogP contribution < -0.4 is 10.6 Å². The highest BCUT2D eigenvalue weighted by Gasteiger charge is 2.02. The predicted octanol–water partition coefficient (Wildman–Crippen LogP) is 1.83. The zero-order valence-electron chi connectivity index (χ0n) is 8.31. The second kappa shape index (κ2) is 5.95. The Morgan fingerprint density at radius 3 is 2.73 bits per heavy atom. The second-order valence-corrected chi connectivity index (χ2v) is 3.86. The molecule has 82 valence electrons. The maximum Gasteiger partial charge on any atom is 0.233 e. The molecule has 0 spiro atoms. The lowest BCUT2D eigenvalue weighted by molar-refractivity contribution is -0.119. The monoisotopic (exact) mass is 246 g/mol. The van der Waals surface area contributed by atoms with Crippen molar-refractivity contribution in [2.75, 3.05) is 13.6 Å². The normalized spacial score (nSPS) is 10.1. The molecule has 1 aromatic rings. The van der Waals surface area contributed by atoms with Crippen molar-refractivity contribution in [3.63, 3.8) is 0 Å². The first-order valence-corrected chi connectivity index (χ1v) is 5.24. The third-order valence-corrected chi connectivity index (χ3v) is 2.48. The van der Waals surface area contributed by atoms with Crippen LogP contribution in [0.2, 0.25) is 10.0 Å². The van der Waals surface area contributed by atoms with Gasteiger partial charge in [0.15, 0.2) is 0 Å². The van der Waals surface area contributed by atoms with Gasteiger partial charge < -0.3 is 10.6 Å². The molecule has 1 rings (SSSR count). The van der Waals surface area contributed by atoms with Gasteiger partial charge in [0.1, 0.15) is 0 Å². The molecule has 0 aromatic heterocycles. The molecule has 0 aliphatic carbocycles. The molecule has 15 heavy (non-hydrogen) atoms. The Balaban J connectivity index is 2.47. The van der Waals surface area contributed by atoms with Gasteiger partial charge >= 0.3 is 0 Å². The molecule has 0 bridgehead atoms. The molecule has 0 aliphatic rings. The summed E-state index contributed by atoms with van der Waals surface area (Å²) in [6, 6.07) is 5.28. The van der Waals surface area contributed by atoms with E-state index in [9.17, 15) is 4.79 Å². The van der Waals surface area contributed by atoms with Crippen molar-refractivity contribution in [1.29, 1.82) is 0 Å². The first-order valence-electron chi connectivity index (χ1n) is 4.48. The van der Waals surface area contributed by atoms with E-state index in [1.165, 1.54) is 0 Å². The van der Waals surface area contributed by atoms with Crippen LogP contribution in [0.1, 0.15) is 5.56 Å². The van der Waals surface area contributed by atoms with Gasteiger partial charge in [0.2, 0.25) is 5.91 Å². The molecule has 0 atom stereocenters. The van der Waals surface area contributed by atoms with E-state index in [2.05, 4.69) is 10.6 Å². The Labute approximate surface area is 98.8 Å². The summed E-state index contributed by atoms with van der Waals surface area (Å²) in [6.45, 7) is 0.818. The first kappa shape index (κ1) is 12.3. The second-order valence-electron chi connectivity index (χ2n) is 3.01. The molecule has 0 aliphatic heterocycles. The van der Waals surface area contributed by atoms with Gasteiger partial charge in [-0.25, -0.2) is 0 Å². The largest absolute Gasteiger partial charge is 0.358 e. The van der Waals surface area contributed by atoms with E-state index in [0.29, 0.717) is 16.6 Å². The Hall–Kier alpha value is -0.770. The molecule has 1 amide bonds. The number of hydrogen-bond acceptors (Lipinski definition) is 2. The maximum absolute atomic E-state index is 10.9. The highest BCUT2D eigenvalue weighted by Crippen LogP contribution is 2.20. The zero-order valence-corrected chi connectivity index (χ0v) is 9.82. The predicted molar refractivity (Wildman–Crippen MR) is 62.2 cm³/mol. The van der Waals surface area contributed by atoms with Gasteiger partial charge in [-0.1, -0.05) is 29.3 Å². The lowest BCUT2D eigenvalue weighted by Crippen LogP contribution is -2.31. The average Bonchev–Trinajstić information content (AvgIpc) is 2.21. The van der Waals surface area contributed by atoms with Gasteiger partial charge in [0, 0.05) is 23.6 Å². The minimum atomic E-state index is -0.0555. The highest BCUT2D eigenvalue weighted by atomic mass is 35.5. The number of benzene rings is 1. The molecule has 0 saturated carbocycles. The third kappa shape index (κ3) is 4.08. The van der Waals surface area contributed by atoms with E-state index in [4.69, 9.17) is 23.2 Å². The van der Waals surface area contributed by atoms with Crippen molar-refractivity contribution in [1.82, 2.24) is 10.6 Å². The minimum Gasteiger partial charge on any atom is -0.358 e. The van der Waals surface area contributed by atoms with Crippen LogP contribution in [-0.2, 0) is 11.3 Å². The Morgan fingerprint density at radius 1 is 1.40 bits per heavy atom. The highest BCUT2D eigenvalue weighted by molar-refractivity contribution is 6.35. The van der Waals surface area contributed by atoms with Gasteiger partial charge in [-0.15, -0.1) is 0 Å². The fourth-order valence-corrected chi connectivity index (χ4v) is 1.54. The lowest BCUT2D eigenvalue weighted by atomic mass is 10.2. The van der Waals surface area contributed by atoms with E-state index in [1.807, 2.05) is 6.07 Å². The van der Waals surface area contributed by atoms with Crippen LogP contribution in [0.15, 0.2) is 18.2 Å². The number of hydrogen-bond donors (Lipinski definition) is 2. The molecule has 0 fully saturated rings. The molecule has 0 unspecified atom stereocenters. The van der Waals surface area contributed by atoms with Crippen molar-refractivity contribution >= 4 is 29.1 Å². The van der Waals surface area contributed by atoms with Crippen LogP contribution in [0.3, 0.4) is 0 Å². The van der Waals surface area contributed by atoms with E-state index in [0.717, 1.165) is 5.56 Å². The van der Waals surface area contributed by atoms with Crippen LogP contribution in [-0.4, -0.2) is 19.5 Å². The van der Waals surface area contributed by atoms with Crippen LogP contribution in [0.4, 0.5) is 0 Å². The summed E-state index contributed by atoms with van der Waals surface area (Å²) in [5, 5.41) is 6.70. The smallest absolute Gasteiger partial charge is 0.233 e. The molecular weight excluding hydrogens is 235 g/mol. The molecule has 0 saturated heterocycles. The topological polar surface area (TPSA) is 41.1 Å². The Bertz CT molecular complexity index is 355. The van der Waals surface area contributed by atoms with Gasteiger partial charge in [-0.3, -0.25) is 4.79 Å². The van der Waals surface area contributed by atoms with Crippen LogP contribution in [0.5, 0.6) is 0 Å². The van der Waals surface area contributed by atoms with E-state index < -0.39 is 0 Å². The summed E-state index contributed by atoms with van der Waals surface area (Å²) >= 11 is 11.7. The molecule has 0 heterocycles. The average molecular weight is 247 g/mol. The van der Waals surface area contributed by atoms with E-state index in [-0.39, 0.29) is 12.5 Å². The molecule has 3 nitrogen and oxygen atoms in total. The summed E-state index contributed by atoms with van der Waals surface area (Å²) in [7, 11) is 1.60.